The van der Waals surface area contributed by atoms with Crippen LogP contribution in [0.25, 0.3) is 0 Å². The molecule has 3 nitrogen and oxygen atoms in total. The molecule has 32 heavy (non-hydrogen) atoms. The topological polar surface area (TPSA) is 42.2 Å². The van der Waals surface area contributed by atoms with Gasteiger partial charge < -0.3 is 9.67 Å². The molecule has 0 amide bonds. The van der Waals surface area contributed by atoms with Gasteiger partial charge in [0, 0.05) is 17.3 Å². The summed E-state index contributed by atoms with van der Waals surface area (Å²) < 4.78 is 41.7. The highest BCUT2D eigenvalue weighted by Gasteiger charge is 2.34. The second kappa shape index (κ2) is 9.72. The van der Waals surface area contributed by atoms with Crippen LogP contribution in [0.3, 0.4) is 0 Å². The van der Waals surface area contributed by atoms with Gasteiger partial charge in [-0.2, -0.15) is 13.2 Å². The largest absolute Gasteiger partial charge is 0.481 e. The maximum atomic E-state index is 13.1. The fraction of sp³-hybridized carbons (Fsp3) is 0.577. The Labute approximate surface area is 188 Å². The van der Waals surface area contributed by atoms with Crippen LogP contribution in [0.5, 0.6) is 0 Å². The zero-order valence-electron chi connectivity index (χ0n) is 19.4. The van der Waals surface area contributed by atoms with Gasteiger partial charge in [-0.05, 0) is 80.2 Å². The summed E-state index contributed by atoms with van der Waals surface area (Å²) in [5, 5.41) is 9.54. The lowest BCUT2D eigenvalue weighted by Gasteiger charge is -2.30. The molecule has 0 saturated heterocycles. The maximum absolute atomic E-state index is 13.1. The van der Waals surface area contributed by atoms with Gasteiger partial charge in [-0.1, -0.05) is 32.9 Å². The molecule has 1 heterocycles. The number of carbonyl (C=O) groups is 1. The molecule has 3 rings (SSSR count). The molecular weight excluding hydrogens is 415 g/mol. The van der Waals surface area contributed by atoms with Crippen LogP contribution in [0, 0.1) is 12.8 Å². The fourth-order valence-electron chi connectivity index (χ4n) is 5.34. The average molecular weight is 450 g/mol. The van der Waals surface area contributed by atoms with Gasteiger partial charge in [0.1, 0.15) is 0 Å². The molecule has 0 bridgehead atoms. The van der Waals surface area contributed by atoms with Crippen LogP contribution in [-0.4, -0.2) is 15.6 Å². The van der Waals surface area contributed by atoms with E-state index in [-0.39, 0.29) is 18.4 Å². The predicted octanol–water partition coefficient (Wildman–Crippen LogP) is 7.30. The Bertz CT molecular complexity index is 941. The number of benzene rings is 1. The van der Waals surface area contributed by atoms with Crippen molar-refractivity contribution in [3.05, 3.63) is 57.9 Å². The van der Waals surface area contributed by atoms with Crippen molar-refractivity contribution in [2.75, 3.05) is 0 Å². The molecule has 0 saturated carbocycles. The molecule has 2 aromatic rings. The first-order valence-corrected chi connectivity index (χ1v) is 11.7. The number of fused-ring (bicyclic) bond motifs is 1. The van der Waals surface area contributed by atoms with Crippen LogP contribution in [0.4, 0.5) is 13.2 Å². The summed E-state index contributed by atoms with van der Waals surface area (Å²) in [5.74, 6) is -0.412. The van der Waals surface area contributed by atoms with Crippen molar-refractivity contribution >= 4 is 5.97 Å². The second-order valence-electron chi connectivity index (χ2n) is 9.45. The van der Waals surface area contributed by atoms with Crippen molar-refractivity contribution in [3.63, 3.8) is 0 Å². The third-order valence-electron chi connectivity index (χ3n) is 6.82. The Hall–Kier alpha value is -2.24. The standard InChI is InChI=1S/C26H34F3NO2/c1-5-21-17(4)30(25-19(15-24(31)32)7-6-8-22(21)25)23(14-9-16(2)3)18-10-12-20(13-11-18)26(27,28)29/h10-13,16,19,23H,5-9,14-15H2,1-4H3,(H,31,32)/t19?,23-/m1/s1. The van der Waals surface area contributed by atoms with Crippen molar-refractivity contribution in [2.24, 2.45) is 5.92 Å². The highest BCUT2D eigenvalue weighted by Crippen LogP contribution is 2.43. The fourth-order valence-corrected chi connectivity index (χ4v) is 5.34. The number of carboxylic acids is 1. The maximum Gasteiger partial charge on any atom is 0.416 e. The van der Waals surface area contributed by atoms with E-state index in [1.165, 1.54) is 23.3 Å². The van der Waals surface area contributed by atoms with Crippen LogP contribution in [-0.2, 0) is 23.8 Å². The van der Waals surface area contributed by atoms with Gasteiger partial charge in [-0.3, -0.25) is 4.79 Å². The highest BCUT2D eigenvalue weighted by atomic mass is 19.4. The van der Waals surface area contributed by atoms with Crippen LogP contribution in [0.2, 0.25) is 0 Å². The van der Waals surface area contributed by atoms with E-state index in [4.69, 9.17) is 0 Å². The number of hydrogen-bond acceptors (Lipinski definition) is 1. The van der Waals surface area contributed by atoms with Crippen molar-refractivity contribution in [3.8, 4) is 0 Å². The normalized spacial score (nSPS) is 17.4. The van der Waals surface area contributed by atoms with Crippen molar-refractivity contribution in [1.29, 1.82) is 0 Å². The first kappa shape index (κ1) is 24.4. The molecule has 176 valence electrons. The molecule has 0 aliphatic heterocycles. The monoisotopic (exact) mass is 449 g/mol. The quantitative estimate of drug-likeness (QED) is 0.459. The molecule has 0 fully saturated rings. The summed E-state index contributed by atoms with van der Waals surface area (Å²) in [6, 6.07) is 5.42. The Morgan fingerprint density at radius 2 is 1.84 bits per heavy atom. The van der Waals surface area contributed by atoms with Crippen LogP contribution in [0.1, 0.15) is 98.5 Å². The smallest absolute Gasteiger partial charge is 0.416 e. The summed E-state index contributed by atoms with van der Waals surface area (Å²) in [6.45, 7) is 8.50. The van der Waals surface area contributed by atoms with Gasteiger partial charge >= 0.3 is 12.1 Å². The highest BCUT2D eigenvalue weighted by molar-refractivity contribution is 5.68. The van der Waals surface area contributed by atoms with Gasteiger partial charge in [0.05, 0.1) is 18.0 Å². The summed E-state index contributed by atoms with van der Waals surface area (Å²) >= 11 is 0. The van der Waals surface area contributed by atoms with Crippen molar-refractivity contribution in [2.45, 2.75) is 90.8 Å². The lowest BCUT2D eigenvalue weighted by atomic mass is 9.83. The minimum Gasteiger partial charge on any atom is -0.481 e. The molecular formula is C26H34F3NO2. The minimum atomic E-state index is -4.36. The van der Waals surface area contributed by atoms with Crippen LogP contribution < -0.4 is 0 Å². The number of rotatable bonds is 8. The molecule has 0 radical (unpaired) electrons. The lowest BCUT2D eigenvalue weighted by Crippen LogP contribution is -2.22. The van der Waals surface area contributed by atoms with E-state index in [2.05, 4.69) is 32.3 Å². The van der Waals surface area contributed by atoms with Gasteiger partial charge in [0.15, 0.2) is 0 Å². The number of alkyl halides is 3. The van der Waals surface area contributed by atoms with E-state index in [9.17, 15) is 23.1 Å². The Morgan fingerprint density at radius 3 is 2.38 bits per heavy atom. The Kier molecular flexibility index (Phi) is 7.41. The first-order valence-electron chi connectivity index (χ1n) is 11.7. The molecule has 0 spiro atoms. The Balaban J connectivity index is 2.16. The zero-order valence-corrected chi connectivity index (χ0v) is 19.4. The average Bonchev–Trinajstić information content (AvgIpc) is 2.99. The van der Waals surface area contributed by atoms with E-state index in [0.717, 1.165) is 55.5 Å². The van der Waals surface area contributed by atoms with Crippen LogP contribution in [0.15, 0.2) is 24.3 Å². The number of nitrogens with zero attached hydrogens (tertiary/aromatic N) is 1. The molecule has 2 atom stereocenters. The number of halogens is 3. The molecule has 1 aromatic heterocycles. The zero-order chi connectivity index (χ0) is 23.6. The summed E-state index contributed by atoms with van der Waals surface area (Å²) in [6.07, 6.45) is 1.06. The molecule has 1 unspecified atom stereocenters. The molecule has 1 N–H and O–H groups in total. The summed E-state index contributed by atoms with van der Waals surface area (Å²) in [5.41, 5.74) is 4.97. The van der Waals surface area contributed by atoms with E-state index < -0.39 is 17.7 Å². The van der Waals surface area contributed by atoms with E-state index in [1.54, 1.807) is 12.1 Å². The van der Waals surface area contributed by atoms with E-state index in [1.807, 2.05) is 0 Å². The molecule has 1 aliphatic carbocycles. The van der Waals surface area contributed by atoms with Crippen LogP contribution >= 0.6 is 0 Å². The third-order valence-corrected chi connectivity index (χ3v) is 6.82. The third kappa shape index (κ3) is 5.05. The molecule has 1 aliphatic rings. The van der Waals surface area contributed by atoms with E-state index >= 15 is 0 Å². The second-order valence-corrected chi connectivity index (χ2v) is 9.45. The predicted molar refractivity (Wildman–Crippen MR) is 120 cm³/mol. The number of aliphatic carboxylic acids is 1. The number of aromatic nitrogens is 1. The molecule has 1 aromatic carbocycles. The lowest BCUT2D eigenvalue weighted by molar-refractivity contribution is -0.138. The van der Waals surface area contributed by atoms with Crippen molar-refractivity contribution in [1.82, 2.24) is 4.57 Å². The van der Waals surface area contributed by atoms with Gasteiger partial charge in [0.2, 0.25) is 0 Å². The SMILES string of the molecule is CCc1c2c(n([C@H](CCC(C)C)c3ccc(C(F)(F)F)cc3)c1C)C(CC(=O)O)CCC2. The van der Waals surface area contributed by atoms with Gasteiger partial charge in [-0.15, -0.1) is 0 Å². The number of hydrogen-bond donors (Lipinski definition) is 1. The number of carboxylic acid groups (broad SMARTS) is 1. The Morgan fingerprint density at radius 1 is 1.19 bits per heavy atom. The van der Waals surface area contributed by atoms with Gasteiger partial charge in [-0.25, -0.2) is 0 Å². The van der Waals surface area contributed by atoms with Crippen molar-refractivity contribution < 1.29 is 23.1 Å². The summed E-state index contributed by atoms with van der Waals surface area (Å²) in [4.78, 5) is 11.6. The molecule has 6 heteroatoms. The summed E-state index contributed by atoms with van der Waals surface area (Å²) in [7, 11) is 0. The first-order chi connectivity index (χ1) is 15.0. The minimum absolute atomic E-state index is 0.0637. The van der Waals surface area contributed by atoms with Gasteiger partial charge in [0.25, 0.3) is 0 Å². The van der Waals surface area contributed by atoms with E-state index in [0.29, 0.717) is 5.92 Å².